The second kappa shape index (κ2) is 11.1. The number of hydrogen-bond acceptors (Lipinski definition) is 6. The van der Waals surface area contributed by atoms with Crippen LogP contribution in [-0.4, -0.2) is 45.5 Å². The van der Waals surface area contributed by atoms with Gasteiger partial charge >= 0.3 is 0 Å². The molecular weight excluding hydrogens is 471 g/mol. The highest BCUT2D eigenvalue weighted by Gasteiger charge is 2.26. The Labute approximate surface area is 213 Å². The first-order chi connectivity index (χ1) is 18.1. The van der Waals surface area contributed by atoms with E-state index in [2.05, 4.69) is 25.5 Å². The zero-order chi connectivity index (χ0) is 25.6. The molecule has 2 aromatic heterocycles. The number of nitrogens with zero attached hydrogens (tertiary/aromatic N) is 5. The highest BCUT2D eigenvalue weighted by molar-refractivity contribution is 5.79. The number of rotatable bonds is 7. The van der Waals surface area contributed by atoms with Crippen LogP contribution in [-0.2, 0) is 11.3 Å². The summed E-state index contributed by atoms with van der Waals surface area (Å²) >= 11 is 0. The molecule has 0 saturated carbocycles. The lowest BCUT2D eigenvalue weighted by Crippen LogP contribution is -2.44. The molecule has 2 aromatic carbocycles. The summed E-state index contributed by atoms with van der Waals surface area (Å²) in [5.41, 5.74) is 2.83. The van der Waals surface area contributed by atoms with Crippen molar-refractivity contribution < 1.29 is 9.18 Å². The Hall–Kier alpha value is -4.40. The van der Waals surface area contributed by atoms with E-state index in [1.54, 1.807) is 18.2 Å². The SMILES string of the molecule is O=C(NCCn1nc(-c2ccc(F)cc2)ccc1=O)C1CCCN(c2ccc(-c3ccccc3)nn2)C1. The lowest BCUT2D eigenvalue weighted by atomic mass is 9.97. The highest BCUT2D eigenvalue weighted by Crippen LogP contribution is 2.23. The van der Waals surface area contributed by atoms with E-state index in [9.17, 15) is 14.0 Å². The standard InChI is InChI=1S/C28H27FN6O2/c29-23-10-8-21(9-11-23)25-13-15-27(36)35(33-25)18-16-30-28(37)22-7-4-17-34(19-22)26-14-12-24(31-32-26)20-5-2-1-3-6-20/h1-3,5-6,8-15,22H,4,7,16-19H2,(H,30,37). The van der Waals surface area contributed by atoms with Gasteiger partial charge in [-0.25, -0.2) is 9.07 Å². The molecule has 0 spiro atoms. The summed E-state index contributed by atoms with van der Waals surface area (Å²) in [5, 5.41) is 16.1. The average molecular weight is 499 g/mol. The molecule has 1 aliphatic heterocycles. The number of hydrogen-bond donors (Lipinski definition) is 1. The predicted molar refractivity (Wildman–Crippen MR) is 139 cm³/mol. The van der Waals surface area contributed by atoms with Crippen molar-refractivity contribution in [3.63, 3.8) is 0 Å². The molecule has 1 atom stereocenters. The van der Waals surface area contributed by atoms with Crippen LogP contribution in [0.4, 0.5) is 10.2 Å². The van der Waals surface area contributed by atoms with Crippen molar-refractivity contribution in [3.05, 3.63) is 95.0 Å². The molecule has 9 heteroatoms. The second-order valence-electron chi connectivity index (χ2n) is 9.01. The normalized spacial score (nSPS) is 15.4. The molecular formula is C28H27FN6O2. The summed E-state index contributed by atoms with van der Waals surface area (Å²) in [6.45, 7) is 1.89. The number of aromatic nitrogens is 4. The molecule has 3 heterocycles. The number of nitrogens with one attached hydrogen (secondary N) is 1. The Balaban J connectivity index is 1.17. The molecule has 5 rings (SSSR count). The number of amides is 1. The van der Waals surface area contributed by atoms with Crippen LogP contribution in [0.1, 0.15) is 12.8 Å². The van der Waals surface area contributed by atoms with E-state index < -0.39 is 0 Å². The summed E-state index contributed by atoms with van der Waals surface area (Å²) in [6.07, 6.45) is 1.66. The molecule has 4 aromatic rings. The molecule has 0 aliphatic carbocycles. The molecule has 8 nitrogen and oxygen atoms in total. The van der Waals surface area contributed by atoms with Crippen LogP contribution in [0.3, 0.4) is 0 Å². The first-order valence-electron chi connectivity index (χ1n) is 12.3. The van der Waals surface area contributed by atoms with E-state index in [4.69, 9.17) is 0 Å². The minimum absolute atomic E-state index is 0.0543. The van der Waals surface area contributed by atoms with Gasteiger partial charge in [-0.3, -0.25) is 9.59 Å². The molecule has 188 valence electrons. The van der Waals surface area contributed by atoms with Crippen LogP contribution in [0, 0.1) is 11.7 Å². The van der Waals surface area contributed by atoms with Crippen molar-refractivity contribution >= 4 is 11.7 Å². The van der Waals surface area contributed by atoms with Crippen LogP contribution in [0.15, 0.2) is 83.7 Å². The molecule has 1 N–H and O–H groups in total. The van der Waals surface area contributed by atoms with Crippen LogP contribution in [0.25, 0.3) is 22.5 Å². The number of carbonyl (C=O) groups is 1. The first-order valence-corrected chi connectivity index (χ1v) is 12.3. The third-order valence-corrected chi connectivity index (χ3v) is 6.47. The molecule has 1 aliphatic rings. The van der Waals surface area contributed by atoms with Crippen LogP contribution < -0.4 is 15.8 Å². The highest BCUT2D eigenvalue weighted by atomic mass is 19.1. The van der Waals surface area contributed by atoms with Crippen molar-refractivity contribution in [2.45, 2.75) is 19.4 Å². The van der Waals surface area contributed by atoms with Gasteiger partial charge in [-0.2, -0.15) is 5.10 Å². The van der Waals surface area contributed by atoms with Crippen molar-refractivity contribution in [1.29, 1.82) is 0 Å². The topological polar surface area (TPSA) is 93.0 Å². The zero-order valence-corrected chi connectivity index (χ0v) is 20.3. The van der Waals surface area contributed by atoms with E-state index in [0.717, 1.165) is 36.5 Å². The minimum Gasteiger partial charge on any atom is -0.354 e. The number of piperidine rings is 1. The largest absolute Gasteiger partial charge is 0.354 e. The predicted octanol–water partition coefficient (Wildman–Crippen LogP) is 3.54. The molecule has 0 radical (unpaired) electrons. The van der Waals surface area contributed by atoms with Crippen LogP contribution >= 0.6 is 0 Å². The van der Waals surface area contributed by atoms with Gasteiger partial charge in [0, 0.05) is 36.8 Å². The minimum atomic E-state index is -0.336. The number of benzene rings is 2. The van der Waals surface area contributed by atoms with Gasteiger partial charge in [-0.15, -0.1) is 10.2 Å². The van der Waals surface area contributed by atoms with Gasteiger partial charge < -0.3 is 10.2 Å². The maximum atomic E-state index is 13.2. The molecule has 1 saturated heterocycles. The number of anilines is 1. The van der Waals surface area contributed by atoms with Crippen molar-refractivity contribution in [2.24, 2.45) is 5.92 Å². The van der Waals surface area contributed by atoms with Crippen LogP contribution in [0.5, 0.6) is 0 Å². The summed E-state index contributed by atoms with van der Waals surface area (Å²) in [4.78, 5) is 27.2. The van der Waals surface area contributed by atoms with Crippen molar-refractivity contribution in [1.82, 2.24) is 25.3 Å². The summed E-state index contributed by atoms with van der Waals surface area (Å²) < 4.78 is 14.5. The first kappa shape index (κ1) is 24.3. The molecule has 1 fully saturated rings. The Kier molecular flexibility index (Phi) is 7.30. The summed E-state index contributed by atoms with van der Waals surface area (Å²) in [5.74, 6) is 0.184. The smallest absolute Gasteiger partial charge is 0.266 e. The molecule has 0 bridgehead atoms. The summed E-state index contributed by atoms with van der Waals surface area (Å²) in [6, 6.07) is 22.7. The third-order valence-electron chi connectivity index (χ3n) is 6.47. The average Bonchev–Trinajstić information content (AvgIpc) is 2.95. The Morgan fingerprint density at radius 2 is 1.68 bits per heavy atom. The molecule has 1 unspecified atom stereocenters. The van der Waals surface area contributed by atoms with E-state index in [1.165, 1.54) is 22.9 Å². The Morgan fingerprint density at radius 1 is 0.919 bits per heavy atom. The monoisotopic (exact) mass is 498 g/mol. The molecule has 1 amide bonds. The third kappa shape index (κ3) is 5.88. The van der Waals surface area contributed by atoms with Gasteiger partial charge in [0.05, 0.1) is 23.9 Å². The second-order valence-corrected chi connectivity index (χ2v) is 9.01. The number of halogens is 1. The van der Waals surface area contributed by atoms with E-state index >= 15 is 0 Å². The lowest BCUT2D eigenvalue weighted by molar-refractivity contribution is -0.125. The van der Waals surface area contributed by atoms with Gasteiger partial charge in [0.2, 0.25) is 5.91 Å². The number of carbonyl (C=O) groups excluding carboxylic acids is 1. The van der Waals surface area contributed by atoms with Gasteiger partial charge in [-0.1, -0.05) is 30.3 Å². The van der Waals surface area contributed by atoms with Gasteiger partial charge in [0.15, 0.2) is 5.82 Å². The fourth-order valence-corrected chi connectivity index (χ4v) is 4.47. The zero-order valence-electron chi connectivity index (χ0n) is 20.3. The Morgan fingerprint density at radius 3 is 2.43 bits per heavy atom. The van der Waals surface area contributed by atoms with E-state index in [-0.39, 0.29) is 36.3 Å². The van der Waals surface area contributed by atoms with Gasteiger partial charge in [0.25, 0.3) is 5.56 Å². The van der Waals surface area contributed by atoms with Crippen LogP contribution in [0.2, 0.25) is 0 Å². The Bertz CT molecular complexity index is 1410. The van der Waals surface area contributed by atoms with Crippen molar-refractivity contribution in [3.8, 4) is 22.5 Å². The fraction of sp³-hybridized carbons (Fsp3) is 0.250. The van der Waals surface area contributed by atoms with Crippen molar-refractivity contribution in [2.75, 3.05) is 24.5 Å². The maximum Gasteiger partial charge on any atom is 0.266 e. The van der Waals surface area contributed by atoms with Gasteiger partial charge in [0.1, 0.15) is 5.82 Å². The van der Waals surface area contributed by atoms with Gasteiger partial charge in [-0.05, 0) is 55.3 Å². The lowest BCUT2D eigenvalue weighted by Gasteiger charge is -2.32. The van der Waals surface area contributed by atoms with E-state index in [1.807, 2.05) is 42.5 Å². The summed E-state index contributed by atoms with van der Waals surface area (Å²) in [7, 11) is 0. The maximum absolute atomic E-state index is 13.2. The van der Waals surface area contributed by atoms with E-state index in [0.29, 0.717) is 17.8 Å². The molecule has 37 heavy (non-hydrogen) atoms. The fourth-order valence-electron chi connectivity index (χ4n) is 4.47. The quantitative estimate of drug-likeness (QED) is 0.419.